The van der Waals surface area contributed by atoms with Crippen molar-refractivity contribution in [3.8, 4) is 5.69 Å². The molecular formula is C19H28N2O3Si. The van der Waals surface area contributed by atoms with Crippen molar-refractivity contribution in [1.82, 2.24) is 9.78 Å². The second-order valence-corrected chi connectivity index (χ2v) is 12.8. The van der Waals surface area contributed by atoms with Crippen molar-refractivity contribution in [1.29, 1.82) is 0 Å². The van der Waals surface area contributed by atoms with Crippen LogP contribution >= 0.6 is 0 Å². The van der Waals surface area contributed by atoms with E-state index in [-0.39, 0.29) is 10.6 Å². The molecular weight excluding hydrogens is 332 g/mol. The van der Waals surface area contributed by atoms with E-state index in [1.165, 1.54) is 0 Å². The Morgan fingerprint density at radius 3 is 2.48 bits per heavy atom. The first-order chi connectivity index (χ1) is 11.4. The third-order valence-corrected chi connectivity index (χ3v) is 9.67. The smallest absolute Gasteiger partial charge is 0.335 e. The van der Waals surface area contributed by atoms with Crippen LogP contribution in [-0.4, -0.2) is 29.2 Å². The summed E-state index contributed by atoms with van der Waals surface area (Å²) in [6.45, 7) is 15.6. The lowest BCUT2D eigenvalue weighted by atomic mass is 10.2. The Balaban J connectivity index is 2.41. The molecule has 1 aromatic carbocycles. The lowest BCUT2D eigenvalue weighted by molar-refractivity contribution is 0.0697. The van der Waals surface area contributed by atoms with Gasteiger partial charge in [-0.25, -0.2) is 9.48 Å². The van der Waals surface area contributed by atoms with Gasteiger partial charge in [0.25, 0.3) is 0 Å². The molecule has 1 aromatic heterocycles. The van der Waals surface area contributed by atoms with Gasteiger partial charge in [0.1, 0.15) is 0 Å². The molecule has 0 atom stereocenters. The molecule has 6 heteroatoms. The minimum Gasteiger partial charge on any atom is -0.478 e. The number of rotatable bonds is 5. The maximum Gasteiger partial charge on any atom is 0.335 e. The van der Waals surface area contributed by atoms with Crippen molar-refractivity contribution >= 4 is 14.3 Å². The van der Waals surface area contributed by atoms with Gasteiger partial charge in [0.2, 0.25) is 0 Å². The average molecular weight is 361 g/mol. The number of hydrogen-bond acceptors (Lipinski definition) is 3. The summed E-state index contributed by atoms with van der Waals surface area (Å²) < 4.78 is 8.19. The predicted molar refractivity (Wildman–Crippen MR) is 102 cm³/mol. The van der Waals surface area contributed by atoms with Crippen molar-refractivity contribution in [2.75, 3.05) is 0 Å². The molecule has 1 N–H and O–H groups in total. The van der Waals surface area contributed by atoms with Crippen LogP contribution in [0.3, 0.4) is 0 Å². The Labute approximate surface area is 150 Å². The normalized spacial score (nSPS) is 12.4. The molecule has 0 saturated heterocycles. The van der Waals surface area contributed by atoms with Crippen LogP contribution in [-0.2, 0) is 11.0 Å². The molecule has 0 saturated carbocycles. The van der Waals surface area contributed by atoms with Gasteiger partial charge < -0.3 is 9.53 Å². The second-order valence-electron chi connectivity index (χ2n) is 7.97. The summed E-state index contributed by atoms with van der Waals surface area (Å²) in [6.07, 6.45) is 0. The molecule has 136 valence electrons. The summed E-state index contributed by atoms with van der Waals surface area (Å²) >= 11 is 0. The van der Waals surface area contributed by atoms with E-state index >= 15 is 0 Å². The van der Waals surface area contributed by atoms with Crippen LogP contribution in [0.1, 0.15) is 48.1 Å². The van der Waals surface area contributed by atoms with E-state index < -0.39 is 14.3 Å². The van der Waals surface area contributed by atoms with Gasteiger partial charge in [0.05, 0.1) is 29.2 Å². The Morgan fingerprint density at radius 1 is 1.28 bits per heavy atom. The first-order valence-corrected chi connectivity index (χ1v) is 11.4. The van der Waals surface area contributed by atoms with Crippen LogP contribution in [0.15, 0.2) is 24.3 Å². The van der Waals surface area contributed by atoms with Gasteiger partial charge in [-0.15, -0.1) is 0 Å². The van der Waals surface area contributed by atoms with Crippen molar-refractivity contribution in [3.05, 3.63) is 46.8 Å². The summed E-state index contributed by atoms with van der Waals surface area (Å²) in [4.78, 5) is 11.3. The zero-order valence-corrected chi connectivity index (χ0v) is 17.2. The summed E-state index contributed by atoms with van der Waals surface area (Å²) in [5.41, 5.74) is 3.98. The summed E-state index contributed by atoms with van der Waals surface area (Å²) in [5.74, 6) is -0.943. The molecule has 0 aliphatic rings. The van der Waals surface area contributed by atoms with Gasteiger partial charge in [-0.05, 0) is 55.7 Å². The van der Waals surface area contributed by atoms with Crippen LogP contribution in [0, 0.1) is 13.8 Å². The monoisotopic (exact) mass is 360 g/mol. The molecule has 0 fully saturated rings. The van der Waals surface area contributed by atoms with Crippen molar-refractivity contribution in [2.45, 2.75) is 59.4 Å². The van der Waals surface area contributed by atoms with Crippen LogP contribution in [0.2, 0.25) is 18.1 Å². The van der Waals surface area contributed by atoms with E-state index in [2.05, 4.69) is 39.0 Å². The molecule has 0 aliphatic carbocycles. The molecule has 2 aromatic rings. The first kappa shape index (κ1) is 19.4. The van der Waals surface area contributed by atoms with Crippen LogP contribution in [0.5, 0.6) is 0 Å². The maximum atomic E-state index is 11.3. The van der Waals surface area contributed by atoms with Gasteiger partial charge in [-0.2, -0.15) is 5.10 Å². The van der Waals surface area contributed by atoms with Gasteiger partial charge in [0, 0.05) is 0 Å². The van der Waals surface area contributed by atoms with E-state index in [0.29, 0.717) is 6.61 Å². The Hall–Kier alpha value is -1.92. The SMILES string of the molecule is Cc1nn(-c2cccc(C(=O)O)c2)c(CO[Si](C)(C)C(C)(C)C)c1C. The molecule has 0 radical (unpaired) electrons. The molecule has 1 heterocycles. The Kier molecular flexibility index (Phi) is 5.25. The minimum absolute atomic E-state index is 0.129. The molecule has 0 spiro atoms. The molecule has 0 amide bonds. The number of carboxylic acid groups (broad SMARTS) is 1. The highest BCUT2D eigenvalue weighted by atomic mass is 28.4. The van der Waals surface area contributed by atoms with Crippen LogP contribution < -0.4 is 0 Å². The standard InChI is InChI=1S/C19H28N2O3Si/c1-13-14(2)20-21(16-10-8-9-15(11-16)18(22)23)17(13)12-24-25(6,7)19(3,4)5/h8-11H,12H2,1-7H3,(H,22,23). The molecule has 25 heavy (non-hydrogen) atoms. The Bertz CT molecular complexity index is 788. The van der Waals surface area contributed by atoms with E-state index in [1.54, 1.807) is 18.2 Å². The second kappa shape index (κ2) is 6.76. The van der Waals surface area contributed by atoms with Crippen LogP contribution in [0.25, 0.3) is 5.69 Å². The number of benzene rings is 1. The first-order valence-electron chi connectivity index (χ1n) is 8.47. The fraction of sp³-hybridized carbons (Fsp3) is 0.474. The highest BCUT2D eigenvalue weighted by Gasteiger charge is 2.37. The number of hydrogen-bond donors (Lipinski definition) is 1. The van der Waals surface area contributed by atoms with Gasteiger partial charge >= 0.3 is 5.97 Å². The largest absolute Gasteiger partial charge is 0.478 e. The van der Waals surface area contributed by atoms with E-state index in [9.17, 15) is 9.90 Å². The van der Waals surface area contributed by atoms with Crippen molar-refractivity contribution < 1.29 is 14.3 Å². The van der Waals surface area contributed by atoms with Crippen molar-refractivity contribution in [2.24, 2.45) is 0 Å². The number of nitrogens with zero attached hydrogens (tertiary/aromatic N) is 2. The third-order valence-electron chi connectivity index (χ3n) is 5.19. The van der Waals surface area contributed by atoms with Crippen molar-refractivity contribution in [3.63, 3.8) is 0 Å². The number of carboxylic acids is 1. The number of aryl methyl sites for hydroxylation is 1. The molecule has 2 rings (SSSR count). The zero-order valence-electron chi connectivity index (χ0n) is 16.2. The minimum atomic E-state index is -1.89. The molecule has 0 aliphatic heterocycles. The Morgan fingerprint density at radius 2 is 1.92 bits per heavy atom. The highest BCUT2D eigenvalue weighted by Crippen LogP contribution is 2.37. The average Bonchev–Trinajstić information content (AvgIpc) is 2.79. The van der Waals surface area contributed by atoms with E-state index in [4.69, 9.17) is 4.43 Å². The van der Waals surface area contributed by atoms with Gasteiger partial charge in [-0.3, -0.25) is 0 Å². The number of aromatic nitrogens is 2. The summed E-state index contributed by atoms with van der Waals surface area (Å²) in [7, 11) is -1.89. The van der Waals surface area contributed by atoms with Gasteiger partial charge in [0.15, 0.2) is 8.32 Å². The van der Waals surface area contributed by atoms with E-state index in [0.717, 1.165) is 22.6 Å². The number of carbonyl (C=O) groups is 1. The van der Waals surface area contributed by atoms with E-state index in [1.807, 2.05) is 24.6 Å². The summed E-state index contributed by atoms with van der Waals surface area (Å²) in [6, 6.07) is 6.84. The fourth-order valence-corrected chi connectivity index (χ4v) is 3.20. The molecule has 0 unspecified atom stereocenters. The molecule has 0 bridgehead atoms. The van der Waals surface area contributed by atoms with Gasteiger partial charge in [-0.1, -0.05) is 26.8 Å². The highest BCUT2D eigenvalue weighted by molar-refractivity contribution is 6.74. The lowest BCUT2D eigenvalue weighted by Crippen LogP contribution is -2.40. The maximum absolute atomic E-state index is 11.3. The fourth-order valence-electron chi connectivity index (χ4n) is 2.27. The lowest BCUT2D eigenvalue weighted by Gasteiger charge is -2.36. The quantitative estimate of drug-likeness (QED) is 0.784. The topological polar surface area (TPSA) is 64.4 Å². The van der Waals surface area contributed by atoms with Crippen LogP contribution in [0.4, 0.5) is 0 Å². The third kappa shape index (κ3) is 4.02. The molecule has 5 nitrogen and oxygen atoms in total. The zero-order chi connectivity index (χ0) is 19.0. The predicted octanol–water partition coefficient (Wildman–Crippen LogP) is 4.71. The summed E-state index contributed by atoms with van der Waals surface area (Å²) in [5, 5.41) is 14.0. The number of aromatic carboxylic acids is 1.